The van der Waals surface area contributed by atoms with Gasteiger partial charge < -0.3 is 19.3 Å². The maximum Gasteiger partial charge on any atom is 0.227 e. The topological polar surface area (TPSA) is 86.5 Å². The van der Waals surface area contributed by atoms with E-state index in [0.717, 1.165) is 16.9 Å². The third-order valence-electron chi connectivity index (χ3n) is 5.04. The van der Waals surface area contributed by atoms with E-state index in [-0.39, 0.29) is 24.3 Å². The third kappa shape index (κ3) is 5.17. The molecule has 7 nitrogen and oxygen atoms in total. The monoisotopic (exact) mass is 441 g/mol. The molecule has 1 aliphatic heterocycles. The Morgan fingerprint density at radius 2 is 1.84 bits per heavy atom. The molecule has 0 saturated heterocycles. The Morgan fingerprint density at radius 1 is 1.10 bits per heavy atom. The SMILES string of the molecule is CC(C)C(NC(=O)CCc1nc(-c2ccc(Cl)cc2)no1)c1ccc2c(c1)OCCO2. The molecule has 2 heterocycles. The quantitative estimate of drug-likeness (QED) is 0.576. The first kappa shape index (κ1) is 21.2. The summed E-state index contributed by atoms with van der Waals surface area (Å²) in [6.45, 7) is 5.21. The van der Waals surface area contributed by atoms with E-state index in [1.165, 1.54) is 0 Å². The van der Waals surface area contributed by atoms with Crippen LogP contribution < -0.4 is 14.8 Å². The Morgan fingerprint density at radius 3 is 2.58 bits per heavy atom. The number of aromatic nitrogens is 2. The molecule has 1 amide bonds. The van der Waals surface area contributed by atoms with Crippen molar-refractivity contribution >= 4 is 17.5 Å². The van der Waals surface area contributed by atoms with Crippen molar-refractivity contribution in [1.29, 1.82) is 0 Å². The van der Waals surface area contributed by atoms with Gasteiger partial charge in [0, 0.05) is 23.4 Å². The van der Waals surface area contributed by atoms with Crippen LogP contribution >= 0.6 is 11.6 Å². The van der Waals surface area contributed by atoms with E-state index in [1.807, 2.05) is 30.3 Å². The smallest absolute Gasteiger partial charge is 0.227 e. The molecule has 2 aromatic carbocycles. The van der Waals surface area contributed by atoms with Gasteiger partial charge in [0.1, 0.15) is 13.2 Å². The average Bonchev–Trinajstić information content (AvgIpc) is 3.25. The molecule has 0 fully saturated rings. The van der Waals surface area contributed by atoms with Crippen LogP contribution in [0.5, 0.6) is 11.5 Å². The second-order valence-electron chi connectivity index (χ2n) is 7.71. The maximum absolute atomic E-state index is 12.6. The average molecular weight is 442 g/mol. The van der Waals surface area contributed by atoms with Crippen LogP contribution in [0.15, 0.2) is 47.0 Å². The Bertz CT molecular complexity index is 1050. The Balaban J connectivity index is 1.37. The highest BCUT2D eigenvalue weighted by Crippen LogP contribution is 2.34. The Hall–Kier alpha value is -3.06. The molecule has 8 heteroatoms. The molecule has 1 aromatic heterocycles. The molecule has 31 heavy (non-hydrogen) atoms. The van der Waals surface area contributed by atoms with Crippen LogP contribution in [0.4, 0.5) is 0 Å². The molecule has 0 bridgehead atoms. The summed E-state index contributed by atoms with van der Waals surface area (Å²) in [5, 5.41) is 7.74. The van der Waals surface area contributed by atoms with Gasteiger partial charge in [0.05, 0.1) is 6.04 Å². The summed E-state index contributed by atoms with van der Waals surface area (Å²) in [7, 11) is 0. The number of rotatable bonds is 7. The number of hydrogen-bond acceptors (Lipinski definition) is 6. The lowest BCUT2D eigenvalue weighted by molar-refractivity contribution is -0.122. The maximum atomic E-state index is 12.6. The molecule has 1 aliphatic rings. The molecule has 4 rings (SSSR count). The number of amides is 1. The summed E-state index contributed by atoms with van der Waals surface area (Å²) in [4.78, 5) is 17.0. The zero-order valence-electron chi connectivity index (χ0n) is 17.4. The van der Waals surface area contributed by atoms with Crippen LogP contribution in [-0.4, -0.2) is 29.3 Å². The Labute approximate surface area is 185 Å². The van der Waals surface area contributed by atoms with Gasteiger partial charge in [-0.15, -0.1) is 0 Å². The van der Waals surface area contributed by atoms with Gasteiger partial charge >= 0.3 is 0 Å². The second-order valence-corrected chi connectivity index (χ2v) is 8.15. The molecular weight excluding hydrogens is 418 g/mol. The van der Waals surface area contributed by atoms with Gasteiger partial charge in [-0.3, -0.25) is 4.79 Å². The molecule has 162 valence electrons. The van der Waals surface area contributed by atoms with E-state index >= 15 is 0 Å². The van der Waals surface area contributed by atoms with Gasteiger partial charge in [-0.2, -0.15) is 4.98 Å². The van der Waals surface area contributed by atoms with Crippen molar-refractivity contribution in [3.63, 3.8) is 0 Å². The van der Waals surface area contributed by atoms with Gasteiger partial charge in [-0.25, -0.2) is 0 Å². The van der Waals surface area contributed by atoms with Gasteiger partial charge in [0.2, 0.25) is 17.6 Å². The van der Waals surface area contributed by atoms with Gasteiger partial charge in [0.15, 0.2) is 11.5 Å². The van der Waals surface area contributed by atoms with E-state index < -0.39 is 0 Å². The van der Waals surface area contributed by atoms with Crippen LogP contribution in [-0.2, 0) is 11.2 Å². The highest BCUT2D eigenvalue weighted by atomic mass is 35.5. The fourth-order valence-corrected chi connectivity index (χ4v) is 3.55. The third-order valence-corrected chi connectivity index (χ3v) is 5.30. The van der Waals surface area contributed by atoms with Crippen molar-refractivity contribution < 1.29 is 18.8 Å². The highest BCUT2D eigenvalue weighted by Gasteiger charge is 2.22. The standard InChI is InChI=1S/C23H24ClN3O4/c1-14(2)22(16-5-8-18-19(13-16)30-12-11-29-18)25-20(28)9-10-21-26-23(27-31-21)15-3-6-17(24)7-4-15/h3-8,13-14,22H,9-12H2,1-2H3,(H,25,28). The summed E-state index contributed by atoms with van der Waals surface area (Å²) in [5.74, 6) is 2.45. The number of benzene rings is 2. The van der Waals surface area contributed by atoms with Crippen molar-refractivity contribution in [3.05, 3.63) is 58.9 Å². The van der Waals surface area contributed by atoms with E-state index in [1.54, 1.807) is 12.1 Å². The second kappa shape index (κ2) is 9.39. The normalized spacial score (nSPS) is 13.8. The van der Waals surface area contributed by atoms with Crippen molar-refractivity contribution in [2.24, 2.45) is 5.92 Å². The molecule has 3 aromatic rings. The van der Waals surface area contributed by atoms with E-state index in [9.17, 15) is 4.79 Å². The van der Waals surface area contributed by atoms with Crippen LogP contribution in [0.1, 0.15) is 37.8 Å². The molecule has 0 radical (unpaired) electrons. The number of nitrogens with zero attached hydrogens (tertiary/aromatic N) is 2. The van der Waals surface area contributed by atoms with Gasteiger partial charge in [-0.05, 0) is 47.9 Å². The number of fused-ring (bicyclic) bond motifs is 1. The summed E-state index contributed by atoms with van der Waals surface area (Å²) >= 11 is 5.91. The number of aryl methyl sites for hydroxylation is 1. The lowest BCUT2D eigenvalue weighted by Crippen LogP contribution is -2.32. The number of halogens is 1. The number of hydrogen-bond donors (Lipinski definition) is 1. The molecule has 1 N–H and O–H groups in total. The number of carbonyl (C=O) groups is 1. The number of ether oxygens (including phenoxy) is 2. The number of carbonyl (C=O) groups excluding carboxylic acids is 1. The van der Waals surface area contributed by atoms with Crippen LogP contribution in [0.3, 0.4) is 0 Å². The molecule has 1 unspecified atom stereocenters. The van der Waals surface area contributed by atoms with Gasteiger partial charge in [-0.1, -0.05) is 36.7 Å². The highest BCUT2D eigenvalue weighted by molar-refractivity contribution is 6.30. The van der Waals surface area contributed by atoms with Crippen molar-refractivity contribution in [2.45, 2.75) is 32.7 Å². The number of nitrogens with one attached hydrogen (secondary N) is 1. The zero-order valence-corrected chi connectivity index (χ0v) is 18.2. The minimum absolute atomic E-state index is 0.0835. The molecule has 0 spiro atoms. The van der Waals surface area contributed by atoms with Crippen LogP contribution in [0.2, 0.25) is 5.02 Å². The summed E-state index contributed by atoms with van der Waals surface area (Å²) in [5.41, 5.74) is 1.79. The molecule has 0 aliphatic carbocycles. The summed E-state index contributed by atoms with van der Waals surface area (Å²) in [6, 6.07) is 12.8. The fraction of sp³-hybridized carbons (Fsp3) is 0.348. The first-order valence-electron chi connectivity index (χ1n) is 10.3. The first-order chi connectivity index (χ1) is 15.0. The largest absolute Gasteiger partial charge is 0.486 e. The first-order valence-corrected chi connectivity index (χ1v) is 10.6. The lowest BCUT2D eigenvalue weighted by atomic mass is 9.95. The predicted molar refractivity (Wildman–Crippen MR) is 116 cm³/mol. The zero-order chi connectivity index (χ0) is 21.8. The van der Waals surface area contributed by atoms with Crippen molar-refractivity contribution in [3.8, 4) is 22.9 Å². The summed E-state index contributed by atoms with van der Waals surface area (Å²) in [6.07, 6.45) is 0.606. The predicted octanol–water partition coefficient (Wildman–Crippen LogP) is 4.61. The van der Waals surface area contributed by atoms with Crippen molar-refractivity contribution in [2.75, 3.05) is 13.2 Å². The molecular formula is C23H24ClN3O4. The van der Waals surface area contributed by atoms with E-state index in [4.69, 9.17) is 25.6 Å². The summed E-state index contributed by atoms with van der Waals surface area (Å²) < 4.78 is 16.6. The van der Waals surface area contributed by atoms with Crippen molar-refractivity contribution in [1.82, 2.24) is 15.5 Å². The minimum atomic E-state index is -0.143. The van der Waals surface area contributed by atoms with Gasteiger partial charge in [0.25, 0.3) is 0 Å². The molecule has 1 atom stereocenters. The van der Waals surface area contributed by atoms with E-state index in [0.29, 0.717) is 42.1 Å². The Kier molecular flexibility index (Phi) is 6.42. The van der Waals surface area contributed by atoms with E-state index in [2.05, 4.69) is 29.3 Å². The fourth-order valence-electron chi connectivity index (χ4n) is 3.43. The molecule has 0 saturated carbocycles. The minimum Gasteiger partial charge on any atom is -0.486 e. The van der Waals surface area contributed by atoms with Crippen LogP contribution in [0, 0.1) is 5.92 Å². The van der Waals surface area contributed by atoms with Crippen LogP contribution in [0.25, 0.3) is 11.4 Å². The lowest BCUT2D eigenvalue weighted by Gasteiger charge is -2.25.